The molecule has 0 bridgehead atoms. The number of carbonyl (C=O) groups is 1. The van der Waals surface area contributed by atoms with Crippen LogP contribution in [-0.4, -0.2) is 25.7 Å². The zero-order chi connectivity index (χ0) is 20.1. The first-order chi connectivity index (χ1) is 13.4. The maximum absolute atomic E-state index is 13.2. The predicted molar refractivity (Wildman–Crippen MR) is 106 cm³/mol. The van der Waals surface area contributed by atoms with Gasteiger partial charge in [-0.2, -0.15) is 4.31 Å². The Morgan fingerprint density at radius 3 is 2.29 bits per heavy atom. The minimum atomic E-state index is -3.79. The molecular weight excluding hydrogens is 400 g/mol. The van der Waals surface area contributed by atoms with E-state index in [0.717, 1.165) is 5.56 Å². The lowest BCUT2D eigenvalue weighted by molar-refractivity contribution is 0.0963. The van der Waals surface area contributed by atoms with E-state index in [9.17, 15) is 13.2 Å². The maximum atomic E-state index is 13.2. The maximum Gasteiger partial charge on any atom is 0.251 e. The molecule has 1 aromatic heterocycles. The van der Waals surface area contributed by atoms with Crippen molar-refractivity contribution in [1.82, 2.24) is 9.62 Å². The third-order valence-corrected chi connectivity index (χ3v) is 6.22. The molecule has 0 spiro atoms. The van der Waals surface area contributed by atoms with Gasteiger partial charge in [0.05, 0.1) is 17.7 Å². The molecule has 1 heterocycles. The van der Waals surface area contributed by atoms with Crippen LogP contribution in [0.5, 0.6) is 0 Å². The lowest BCUT2D eigenvalue weighted by atomic mass is 10.1. The van der Waals surface area contributed by atoms with E-state index in [-0.39, 0.29) is 23.9 Å². The van der Waals surface area contributed by atoms with E-state index in [4.69, 9.17) is 16.0 Å². The quantitative estimate of drug-likeness (QED) is 0.634. The van der Waals surface area contributed by atoms with Gasteiger partial charge < -0.3 is 9.73 Å². The van der Waals surface area contributed by atoms with Crippen LogP contribution >= 0.6 is 11.6 Å². The fourth-order valence-corrected chi connectivity index (χ4v) is 4.19. The summed E-state index contributed by atoms with van der Waals surface area (Å²) in [4.78, 5) is 11.8. The number of amides is 1. The number of nitrogens with one attached hydrogen (secondary N) is 1. The first-order valence-electron chi connectivity index (χ1n) is 8.49. The minimum absolute atomic E-state index is 0.0785. The van der Waals surface area contributed by atoms with Crippen molar-refractivity contribution in [2.75, 3.05) is 7.05 Å². The molecule has 8 heteroatoms. The molecule has 0 saturated heterocycles. The number of halogens is 1. The van der Waals surface area contributed by atoms with Crippen molar-refractivity contribution >= 4 is 27.5 Å². The molecule has 3 rings (SSSR count). The Bertz CT molecular complexity index is 1030. The number of benzene rings is 2. The highest BCUT2D eigenvalue weighted by Gasteiger charge is 2.26. The van der Waals surface area contributed by atoms with Crippen molar-refractivity contribution in [3.63, 3.8) is 0 Å². The van der Waals surface area contributed by atoms with Gasteiger partial charge >= 0.3 is 0 Å². The molecule has 0 unspecified atom stereocenters. The molecule has 28 heavy (non-hydrogen) atoms. The number of furan rings is 1. The smallest absolute Gasteiger partial charge is 0.251 e. The summed E-state index contributed by atoms with van der Waals surface area (Å²) in [5.74, 6) is 0.326. The highest BCUT2D eigenvalue weighted by atomic mass is 35.5. The van der Waals surface area contributed by atoms with E-state index in [1.807, 2.05) is 0 Å². The van der Waals surface area contributed by atoms with Gasteiger partial charge in [0.25, 0.3) is 5.91 Å². The fraction of sp³-hybridized carbons (Fsp3) is 0.150. The lowest BCUT2D eigenvalue weighted by Crippen LogP contribution is -2.30. The van der Waals surface area contributed by atoms with Crippen LogP contribution in [0.3, 0.4) is 0 Å². The summed E-state index contributed by atoms with van der Waals surface area (Å²) in [6.45, 7) is 0.203. The van der Waals surface area contributed by atoms with Crippen LogP contribution in [0.2, 0.25) is 5.02 Å². The summed E-state index contributed by atoms with van der Waals surface area (Å²) in [6, 6.07) is 16.2. The van der Waals surface area contributed by atoms with Gasteiger partial charge in [-0.1, -0.05) is 23.7 Å². The summed E-state index contributed by atoms with van der Waals surface area (Å²) in [7, 11) is -2.23. The molecular formula is C20H19ClN2O4S. The van der Waals surface area contributed by atoms with Gasteiger partial charge in [0.15, 0.2) is 0 Å². The van der Waals surface area contributed by atoms with Crippen LogP contribution in [0, 0.1) is 0 Å². The van der Waals surface area contributed by atoms with E-state index >= 15 is 0 Å². The molecule has 0 saturated carbocycles. The molecule has 3 aromatic rings. The van der Waals surface area contributed by atoms with Crippen LogP contribution in [0.4, 0.5) is 0 Å². The van der Waals surface area contributed by atoms with Crippen LogP contribution < -0.4 is 5.32 Å². The largest absolute Gasteiger partial charge is 0.468 e. The van der Waals surface area contributed by atoms with E-state index < -0.39 is 10.0 Å². The van der Waals surface area contributed by atoms with Crippen LogP contribution in [-0.2, 0) is 23.1 Å². The van der Waals surface area contributed by atoms with Crippen LogP contribution in [0.15, 0.2) is 76.2 Å². The number of nitrogens with zero attached hydrogens (tertiary/aromatic N) is 1. The first kappa shape index (κ1) is 20.1. The summed E-state index contributed by atoms with van der Waals surface area (Å²) in [5, 5.41) is 3.01. The monoisotopic (exact) mass is 418 g/mol. The average molecular weight is 419 g/mol. The molecule has 2 aromatic carbocycles. The Kier molecular flexibility index (Phi) is 6.18. The molecule has 0 fully saturated rings. The van der Waals surface area contributed by atoms with E-state index in [0.29, 0.717) is 16.3 Å². The SMILES string of the molecule is CNC(=O)c1ccc(CN(Cc2ccco2)S(=O)(=O)c2ccc(Cl)cc2)cc1. The summed E-state index contributed by atoms with van der Waals surface area (Å²) in [6.07, 6.45) is 1.50. The summed E-state index contributed by atoms with van der Waals surface area (Å²) < 4.78 is 33.0. The van der Waals surface area contributed by atoms with Crippen molar-refractivity contribution in [3.05, 3.63) is 88.8 Å². The predicted octanol–water partition coefficient (Wildman–Crippen LogP) is 3.68. The zero-order valence-corrected chi connectivity index (χ0v) is 16.7. The van der Waals surface area contributed by atoms with E-state index in [1.165, 1.54) is 34.8 Å². The third-order valence-electron chi connectivity index (χ3n) is 4.17. The standard InChI is InChI=1S/C20H19ClN2O4S/c1-22-20(24)16-6-4-15(5-7-16)13-23(14-18-3-2-12-27-18)28(25,26)19-10-8-17(21)9-11-19/h2-12H,13-14H2,1H3,(H,22,24). The normalized spacial score (nSPS) is 11.5. The average Bonchev–Trinajstić information content (AvgIpc) is 3.21. The number of rotatable bonds is 7. The van der Waals surface area contributed by atoms with Crippen molar-refractivity contribution < 1.29 is 17.6 Å². The molecule has 0 radical (unpaired) electrons. The van der Waals surface area contributed by atoms with Crippen LogP contribution in [0.25, 0.3) is 0 Å². The second-order valence-electron chi connectivity index (χ2n) is 6.08. The number of hydrogen-bond donors (Lipinski definition) is 1. The Morgan fingerprint density at radius 1 is 1.04 bits per heavy atom. The van der Waals surface area contributed by atoms with Crippen molar-refractivity contribution in [2.45, 2.75) is 18.0 Å². The van der Waals surface area contributed by atoms with E-state index in [2.05, 4.69) is 5.32 Å². The van der Waals surface area contributed by atoms with Gasteiger partial charge in [-0.15, -0.1) is 0 Å². The summed E-state index contributed by atoms with van der Waals surface area (Å²) >= 11 is 5.88. The molecule has 1 N–H and O–H groups in total. The Hall–Kier alpha value is -2.61. The fourth-order valence-electron chi connectivity index (χ4n) is 2.67. The highest BCUT2D eigenvalue weighted by Crippen LogP contribution is 2.23. The molecule has 0 aliphatic heterocycles. The van der Waals surface area contributed by atoms with Crippen molar-refractivity contribution in [2.24, 2.45) is 0 Å². The number of sulfonamides is 1. The Labute approximate surface area is 168 Å². The molecule has 0 aliphatic rings. The van der Waals surface area contributed by atoms with Gasteiger partial charge in [0.2, 0.25) is 10.0 Å². The van der Waals surface area contributed by atoms with Gasteiger partial charge in [-0.3, -0.25) is 4.79 Å². The second kappa shape index (κ2) is 8.60. The molecule has 146 valence electrons. The third kappa shape index (κ3) is 4.62. The zero-order valence-electron chi connectivity index (χ0n) is 15.1. The van der Waals surface area contributed by atoms with Gasteiger partial charge in [-0.05, 0) is 54.1 Å². The molecule has 0 atom stereocenters. The van der Waals surface area contributed by atoms with Gasteiger partial charge in [0.1, 0.15) is 5.76 Å². The van der Waals surface area contributed by atoms with Gasteiger partial charge in [-0.25, -0.2) is 8.42 Å². The minimum Gasteiger partial charge on any atom is -0.468 e. The number of hydrogen-bond acceptors (Lipinski definition) is 4. The first-order valence-corrected chi connectivity index (χ1v) is 10.3. The molecule has 6 nitrogen and oxygen atoms in total. The van der Waals surface area contributed by atoms with Crippen molar-refractivity contribution in [1.29, 1.82) is 0 Å². The van der Waals surface area contributed by atoms with Crippen LogP contribution in [0.1, 0.15) is 21.7 Å². The second-order valence-corrected chi connectivity index (χ2v) is 8.46. The highest BCUT2D eigenvalue weighted by molar-refractivity contribution is 7.89. The summed E-state index contributed by atoms with van der Waals surface area (Å²) in [5.41, 5.74) is 1.25. The lowest BCUT2D eigenvalue weighted by Gasteiger charge is -2.21. The van der Waals surface area contributed by atoms with E-state index in [1.54, 1.807) is 43.4 Å². The van der Waals surface area contributed by atoms with Gasteiger partial charge in [0, 0.05) is 24.2 Å². The number of carbonyl (C=O) groups excluding carboxylic acids is 1. The Balaban J connectivity index is 1.90. The van der Waals surface area contributed by atoms with Crippen molar-refractivity contribution in [3.8, 4) is 0 Å². The molecule has 1 amide bonds. The Morgan fingerprint density at radius 2 is 1.71 bits per heavy atom. The topological polar surface area (TPSA) is 79.6 Å². The molecule has 0 aliphatic carbocycles.